The predicted molar refractivity (Wildman–Crippen MR) is 148 cm³/mol. The number of hydrogen-bond donors (Lipinski definition) is 2. The van der Waals surface area contributed by atoms with Gasteiger partial charge >= 0.3 is 0 Å². The molecule has 39 heavy (non-hydrogen) atoms. The fourth-order valence-electron chi connectivity index (χ4n) is 3.99. The molecule has 0 unspecified atom stereocenters. The minimum atomic E-state index is -4.39. The summed E-state index contributed by atoms with van der Waals surface area (Å²) in [5.74, 6) is -0.987. The van der Waals surface area contributed by atoms with Crippen molar-refractivity contribution < 1.29 is 26.7 Å². The van der Waals surface area contributed by atoms with Crippen molar-refractivity contribution in [3.8, 4) is 6.07 Å². The van der Waals surface area contributed by atoms with Crippen LogP contribution >= 0.6 is 23.4 Å². The van der Waals surface area contributed by atoms with E-state index < -0.39 is 33.7 Å². The van der Waals surface area contributed by atoms with Crippen molar-refractivity contribution in [3.05, 3.63) is 52.8 Å². The number of rotatable bonds is 11. The normalized spacial score (nSPS) is 19.2. The first-order chi connectivity index (χ1) is 18.3. The zero-order valence-corrected chi connectivity index (χ0v) is 24.2. The van der Waals surface area contributed by atoms with Gasteiger partial charge in [-0.1, -0.05) is 11.6 Å². The summed E-state index contributed by atoms with van der Waals surface area (Å²) < 4.78 is 62.2. The van der Waals surface area contributed by atoms with Crippen molar-refractivity contribution in [3.63, 3.8) is 0 Å². The van der Waals surface area contributed by atoms with Crippen LogP contribution in [0.5, 0.6) is 0 Å². The Kier molecular flexibility index (Phi) is 10.6. The maximum Gasteiger partial charge on any atom is 0.265 e. The summed E-state index contributed by atoms with van der Waals surface area (Å²) in [5, 5.41) is 12.6. The highest BCUT2D eigenvalue weighted by molar-refractivity contribution is 7.99. The van der Waals surface area contributed by atoms with E-state index in [1.54, 1.807) is 31.1 Å². The molecule has 13 heteroatoms. The van der Waals surface area contributed by atoms with Gasteiger partial charge in [0.15, 0.2) is 0 Å². The van der Waals surface area contributed by atoms with E-state index in [1.807, 2.05) is 10.8 Å². The first-order valence-corrected chi connectivity index (χ1v) is 15.1. The number of hydrogen-bond acceptors (Lipinski definition) is 8. The lowest BCUT2D eigenvalue weighted by Crippen LogP contribution is -2.50. The van der Waals surface area contributed by atoms with Crippen molar-refractivity contribution in [2.24, 2.45) is 0 Å². The molecule has 2 aromatic rings. The summed E-state index contributed by atoms with van der Waals surface area (Å²) in [6, 6.07) is 9.03. The molecule has 2 N–H and O–H groups in total. The Morgan fingerprint density at radius 1 is 1.28 bits per heavy atom. The molecule has 2 aromatic carbocycles. The van der Waals surface area contributed by atoms with E-state index in [-0.39, 0.29) is 39.3 Å². The Hall–Kier alpha value is -2.43. The number of nitrogens with one attached hydrogen (secondary N) is 2. The van der Waals surface area contributed by atoms with Gasteiger partial charge in [-0.2, -0.15) is 5.26 Å². The van der Waals surface area contributed by atoms with E-state index in [9.17, 15) is 22.9 Å². The Morgan fingerprint density at radius 2 is 1.97 bits per heavy atom. The lowest BCUT2D eigenvalue weighted by atomic mass is 9.95. The van der Waals surface area contributed by atoms with Gasteiger partial charge in [-0.25, -0.2) is 21.9 Å². The zero-order valence-electron chi connectivity index (χ0n) is 21.8. The third-order valence-electron chi connectivity index (χ3n) is 6.22. The Balaban J connectivity index is 1.85. The molecule has 212 valence electrons. The summed E-state index contributed by atoms with van der Waals surface area (Å²) in [5.41, 5.74) is -1.35. The molecule has 0 aliphatic carbocycles. The number of thioether (sulfide) groups is 1. The largest absolute Gasteiger partial charge is 0.376 e. The smallest absolute Gasteiger partial charge is 0.265 e. The second-order valence-corrected chi connectivity index (χ2v) is 12.9. The molecule has 1 fully saturated rings. The van der Waals surface area contributed by atoms with E-state index in [0.29, 0.717) is 13.0 Å². The molecule has 3 atom stereocenters. The van der Waals surface area contributed by atoms with Crippen molar-refractivity contribution in [1.82, 2.24) is 9.62 Å². The fraction of sp³-hybridized carbons (Fsp3) is 0.462. The minimum absolute atomic E-state index is 0.0677. The number of anilines is 1. The van der Waals surface area contributed by atoms with Crippen molar-refractivity contribution in [1.29, 1.82) is 5.26 Å². The first-order valence-electron chi connectivity index (χ1n) is 12.2. The van der Waals surface area contributed by atoms with E-state index >= 15 is 4.39 Å². The first kappa shape index (κ1) is 31.1. The molecule has 3 rings (SSSR count). The number of halogens is 3. The monoisotopic (exact) mass is 600 g/mol. The summed E-state index contributed by atoms with van der Waals surface area (Å²) in [6.45, 7) is 1.95. The summed E-state index contributed by atoms with van der Waals surface area (Å²) in [6.07, 6.45) is 0.479. The predicted octanol–water partition coefficient (Wildman–Crippen LogP) is 4.59. The lowest BCUT2D eigenvalue weighted by Gasteiger charge is -2.32. The lowest BCUT2D eigenvalue weighted by molar-refractivity contribution is -0.148. The van der Waals surface area contributed by atoms with E-state index in [4.69, 9.17) is 16.3 Å². The van der Waals surface area contributed by atoms with Crippen molar-refractivity contribution >= 4 is 45.0 Å². The number of carbonyl (C=O) groups excluding carboxylic acids is 1. The summed E-state index contributed by atoms with van der Waals surface area (Å²) in [7, 11) is -0.949. The second-order valence-electron chi connectivity index (χ2n) is 9.70. The highest BCUT2D eigenvalue weighted by Crippen LogP contribution is 2.33. The molecule has 1 saturated heterocycles. The molecular weight excluding hydrogens is 570 g/mol. The molecule has 1 aliphatic heterocycles. The number of nitriles is 1. The van der Waals surface area contributed by atoms with Crippen LogP contribution in [0.15, 0.2) is 46.2 Å². The van der Waals surface area contributed by atoms with Gasteiger partial charge in [0.05, 0.1) is 27.2 Å². The maximum atomic E-state index is 15.3. The van der Waals surface area contributed by atoms with Crippen LogP contribution in [-0.2, 0) is 19.6 Å². The summed E-state index contributed by atoms with van der Waals surface area (Å²) >= 11 is 7.71. The number of ether oxygens (including phenoxy) is 1. The van der Waals surface area contributed by atoms with Gasteiger partial charge in [-0.05, 0) is 76.7 Å². The molecule has 0 spiro atoms. The SMILES string of the molecule is CN(C)C[C@H](F)[C@H](CSc1ccc(F)cc1)Nc1c(Cl)cc(S(=O)(=O)NC(=O)[C@@]2(C)CCCCO2)cc1C#N. The van der Waals surface area contributed by atoms with Crippen molar-refractivity contribution in [2.45, 2.75) is 53.8 Å². The van der Waals surface area contributed by atoms with Gasteiger partial charge in [0.25, 0.3) is 15.9 Å². The van der Waals surface area contributed by atoms with Gasteiger partial charge in [0.1, 0.15) is 23.7 Å². The third-order valence-corrected chi connectivity index (χ3v) is 8.96. The number of benzene rings is 2. The Morgan fingerprint density at radius 3 is 2.56 bits per heavy atom. The molecular formula is C26H31ClF2N4O4S2. The highest BCUT2D eigenvalue weighted by atomic mass is 35.5. The average molecular weight is 601 g/mol. The molecule has 0 aromatic heterocycles. The number of sulfonamides is 1. The van der Waals surface area contributed by atoms with E-state index in [0.717, 1.165) is 29.9 Å². The number of nitrogens with zero attached hydrogens (tertiary/aromatic N) is 2. The molecule has 0 saturated carbocycles. The van der Waals surface area contributed by atoms with Crippen LogP contribution < -0.4 is 10.0 Å². The van der Waals surface area contributed by atoms with Crippen LogP contribution in [0.2, 0.25) is 5.02 Å². The van der Waals surface area contributed by atoms with Gasteiger partial charge < -0.3 is 15.0 Å². The number of carbonyl (C=O) groups is 1. The van der Waals surface area contributed by atoms with E-state index in [2.05, 4.69) is 5.32 Å². The van der Waals surface area contributed by atoms with Crippen LogP contribution in [0.3, 0.4) is 0 Å². The van der Waals surface area contributed by atoms with Crippen LogP contribution in [0, 0.1) is 17.1 Å². The van der Waals surface area contributed by atoms with Gasteiger partial charge in [-0.3, -0.25) is 4.79 Å². The number of amides is 1. The number of alkyl halides is 1. The molecule has 0 radical (unpaired) electrons. The minimum Gasteiger partial charge on any atom is -0.376 e. The molecule has 0 bridgehead atoms. The van der Waals surface area contributed by atoms with Gasteiger partial charge in [-0.15, -0.1) is 11.8 Å². The van der Waals surface area contributed by atoms with Gasteiger partial charge in [0.2, 0.25) is 0 Å². The average Bonchev–Trinajstić information content (AvgIpc) is 2.87. The Labute approximate surface area is 237 Å². The molecule has 1 amide bonds. The highest BCUT2D eigenvalue weighted by Gasteiger charge is 2.38. The third kappa shape index (κ3) is 8.28. The van der Waals surface area contributed by atoms with E-state index in [1.165, 1.54) is 30.8 Å². The van der Waals surface area contributed by atoms with Crippen LogP contribution in [0.1, 0.15) is 31.7 Å². The van der Waals surface area contributed by atoms with Crippen LogP contribution in [0.4, 0.5) is 14.5 Å². The molecule has 8 nitrogen and oxygen atoms in total. The standard InChI is InChI=1S/C26H31ClF2N4O4S2/c1-26(10-4-5-11-37-26)25(34)32-39(35,36)20-12-17(14-30)24(21(27)13-20)31-23(22(29)15-33(2)3)16-38-19-8-6-18(28)7-9-19/h6-9,12-13,22-23,31H,4-5,10-11,15-16H2,1-3H3,(H,32,34)/t22-,23-,26+/m0/s1. The summed E-state index contributed by atoms with van der Waals surface area (Å²) in [4.78, 5) is 14.7. The quantitative estimate of drug-likeness (QED) is 0.360. The topological polar surface area (TPSA) is 112 Å². The molecule has 1 heterocycles. The van der Waals surface area contributed by atoms with Crippen molar-refractivity contribution in [2.75, 3.05) is 38.3 Å². The Bertz CT molecular complexity index is 1310. The molecule has 1 aliphatic rings. The fourth-order valence-corrected chi connectivity index (χ4v) is 6.44. The van der Waals surface area contributed by atoms with Crippen LogP contribution in [-0.4, -0.2) is 70.0 Å². The van der Waals surface area contributed by atoms with Gasteiger partial charge in [0, 0.05) is 23.8 Å². The maximum absolute atomic E-state index is 15.3. The van der Waals surface area contributed by atoms with Crippen LogP contribution in [0.25, 0.3) is 0 Å². The zero-order chi connectivity index (χ0) is 28.8. The second kappa shape index (κ2) is 13.3.